The van der Waals surface area contributed by atoms with E-state index in [2.05, 4.69) is 0 Å². The van der Waals surface area contributed by atoms with Crippen LogP contribution in [0, 0.1) is 0 Å². The summed E-state index contributed by atoms with van der Waals surface area (Å²) < 4.78 is 24.5. The van der Waals surface area contributed by atoms with Crippen LogP contribution < -0.4 is 16.8 Å². The molecule has 2 rings (SSSR count). The topological polar surface area (TPSA) is 153 Å². The normalized spacial score (nSPS) is 15.8. The number of nitrogens with two attached hydrogens (primary N) is 2. The molecule has 0 bridgehead atoms. The molecule has 0 fully saturated rings. The number of hydrogen-bond donors (Lipinski definition) is 3. The fourth-order valence-corrected chi connectivity index (χ4v) is 3.27. The van der Waals surface area contributed by atoms with Crippen molar-refractivity contribution in [2.75, 3.05) is 12.3 Å². The number of carbonyl (C=O) groups excluding carboxylic acids is 3. The van der Waals surface area contributed by atoms with Gasteiger partial charge in [0.15, 0.2) is 0 Å². The predicted molar refractivity (Wildman–Crippen MR) is 66.8 cm³/mol. The minimum atomic E-state index is -4.13. The lowest BCUT2D eigenvalue weighted by Crippen LogP contribution is -2.44. The number of fused-ring (bicyclic) bond motifs is 1. The number of urea groups is 1. The average Bonchev–Trinajstić information content (AvgIpc) is 2.49. The Morgan fingerprint density at radius 2 is 1.95 bits per heavy atom. The molecule has 1 heterocycles. The summed E-state index contributed by atoms with van der Waals surface area (Å²) in [6.07, 6.45) is 0. The van der Waals surface area contributed by atoms with Crippen LogP contribution in [0.15, 0.2) is 23.1 Å². The highest BCUT2D eigenvalue weighted by Crippen LogP contribution is 2.31. The lowest BCUT2D eigenvalue weighted by Gasteiger charge is -2.13. The Balaban J connectivity index is 2.37. The van der Waals surface area contributed by atoms with Crippen molar-refractivity contribution in [3.05, 3.63) is 23.8 Å². The highest BCUT2D eigenvalue weighted by molar-refractivity contribution is 7.90. The van der Waals surface area contributed by atoms with Gasteiger partial charge in [0.2, 0.25) is 5.91 Å². The van der Waals surface area contributed by atoms with Crippen LogP contribution in [-0.4, -0.2) is 37.1 Å². The van der Waals surface area contributed by atoms with Crippen molar-refractivity contribution in [2.45, 2.75) is 4.90 Å². The summed E-state index contributed by atoms with van der Waals surface area (Å²) in [5.74, 6) is -1.89. The second kappa shape index (κ2) is 4.49. The summed E-state index contributed by atoms with van der Waals surface area (Å²) in [6.45, 7) is -0.835. The van der Waals surface area contributed by atoms with Gasteiger partial charge in [-0.2, -0.15) is 0 Å². The third-order valence-electron chi connectivity index (χ3n) is 2.58. The van der Waals surface area contributed by atoms with Gasteiger partial charge < -0.3 is 11.5 Å². The molecule has 0 radical (unpaired) electrons. The van der Waals surface area contributed by atoms with E-state index in [1.54, 1.807) is 5.32 Å². The Hall–Kier alpha value is -2.62. The van der Waals surface area contributed by atoms with Crippen molar-refractivity contribution in [1.82, 2.24) is 9.62 Å². The number of primary amides is 1. The molecule has 1 aliphatic rings. The van der Waals surface area contributed by atoms with Crippen molar-refractivity contribution in [1.29, 1.82) is 0 Å². The second-order valence-electron chi connectivity index (χ2n) is 3.98. The van der Waals surface area contributed by atoms with Gasteiger partial charge in [0.05, 0.1) is 5.56 Å². The fraction of sp³-hybridized carbons (Fsp3) is 0.100. The number of imide groups is 1. The molecule has 1 aromatic carbocycles. The zero-order chi connectivity index (χ0) is 15.1. The predicted octanol–water partition coefficient (Wildman–Crippen LogP) is -1.39. The number of nitrogen functional groups attached to an aromatic ring is 1. The number of sulfonamides is 1. The molecule has 0 aliphatic carbocycles. The first kappa shape index (κ1) is 13.8. The number of amides is 4. The molecule has 9 nitrogen and oxygen atoms in total. The molecule has 0 atom stereocenters. The Labute approximate surface area is 113 Å². The minimum Gasteiger partial charge on any atom is -0.399 e. The third kappa shape index (κ3) is 2.16. The quantitative estimate of drug-likeness (QED) is 0.571. The van der Waals surface area contributed by atoms with Crippen LogP contribution in [0.1, 0.15) is 10.4 Å². The number of hydrogen-bond acceptors (Lipinski definition) is 6. The molecule has 0 spiro atoms. The molecule has 1 aliphatic heterocycles. The maximum absolute atomic E-state index is 12.1. The van der Waals surface area contributed by atoms with Gasteiger partial charge in [0, 0.05) is 5.69 Å². The van der Waals surface area contributed by atoms with Crippen molar-refractivity contribution in [2.24, 2.45) is 5.73 Å². The molecular formula is C10H10N4O5S. The summed E-state index contributed by atoms with van der Waals surface area (Å²) in [5.41, 5.74) is 10.3. The molecule has 106 valence electrons. The van der Waals surface area contributed by atoms with Crippen LogP contribution >= 0.6 is 0 Å². The maximum Gasteiger partial charge on any atom is 0.318 e. The fourth-order valence-electron chi connectivity index (χ4n) is 1.77. The van der Waals surface area contributed by atoms with Gasteiger partial charge in [-0.25, -0.2) is 17.5 Å². The second-order valence-corrected chi connectivity index (χ2v) is 5.82. The lowest BCUT2D eigenvalue weighted by molar-refractivity contribution is -0.119. The number of nitrogens with zero attached hydrogens (tertiary/aromatic N) is 1. The van der Waals surface area contributed by atoms with Gasteiger partial charge in [0.25, 0.3) is 15.9 Å². The number of nitrogens with one attached hydrogen (secondary N) is 1. The Morgan fingerprint density at radius 1 is 1.30 bits per heavy atom. The van der Waals surface area contributed by atoms with Crippen molar-refractivity contribution in [3.8, 4) is 0 Å². The number of carbonyl (C=O) groups is 3. The van der Waals surface area contributed by atoms with E-state index < -0.39 is 34.4 Å². The van der Waals surface area contributed by atoms with Crippen LogP contribution in [-0.2, 0) is 14.8 Å². The molecule has 4 amide bonds. The zero-order valence-electron chi connectivity index (χ0n) is 9.99. The van der Waals surface area contributed by atoms with Gasteiger partial charge in [-0.05, 0) is 18.2 Å². The van der Waals surface area contributed by atoms with Crippen LogP contribution in [0.3, 0.4) is 0 Å². The first-order chi connectivity index (χ1) is 9.23. The van der Waals surface area contributed by atoms with Gasteiger partial charge in [-0.15, -0.1) is 0 Å². The van der Waals surface area contributed by atoms with Gasteiger partial charge in [-0.3, -0.25) is 14.9 Å². The van der Waals surface area contributed by atoms with Crippen LogP contribution in [0.4, 0.5) is 10.5 Å². The number of anilines is 1. The molecule has 0 unspecified atom stereocenters. The SMILES string of the molecule is NC(=O)NC(=O)CN1C(=O)c2cc(N)ccc2S1(=O)=O. The number of benzene rings is 1. The summed E-state index contributed by atoms with van der Waals surface area (Å²) in [7, 11) is -4.13. The molecule has 0 aromatic heterocycles. The largest absolute Gasteiger partial charge is 0.399 e. The first-order valence-corrected chi connectivity index (χ1v) is 6.73. The molecule has 0 saturated carbocycles. The van der Waals surface area contributed by atoms with E-state index in [9.17, 15) is 22.8 Å². The van der Waals surface area contributed by atoms with Crippen LogP contribution in [0.2, 0.25) is 0 Å². The third-order valence-corrected chi connectivity index (χ3v) is 4.37. The summed E-state index contributed by atoms with van der Waals surface area (Å²) >= 11 is 0. The Bertz CT molecular complexity index is 727. The van der Waals surface area contributed by atoms with E-state index in [0.717, 1.165) is 0 Å². The summed E-state index contributed by atoms with van der Waals surface area (Å²) in [6, 6.07) is 2.59. The van der Waals surface area contributed by atoms with E-state index in [1.165, 1.54) is 18.2 Å². The molecule has 5 N–H and O–H groups in total. The maximum atomic E-state index is 12.1. The summed E-state index contributed by atoms with van der Waals surface area (Å²) in [4.78, 5) is 33.6. The van der Waals surface area contributed by atoms with Crippen molar-refractivity contribution in [3.63, 3.8) is 0 Å². The van der Waals surface area contributed by atoms with Gasteiger partial charge in [0.1, 0.15) is 11.4 Å². The van der Waals surface area contributed by atoms with E-state index in [4.69, 9.17) is 11.5 Å². The molecule has 20 heavy (non-hydrogen) atoms. The van der Waals surface area contributed by atoms with Crippen molar-refractivity contribution < 1.29 is 22.8 Å². The Kier molecular flexibility index (Phi) is 3.10. The lowest BCUT2D eigenvalue weighted by atomic mass is 10.2. The first-order valence-electron chi connectivity index (χ1n) is 5.29. The highest BCUT2D eigenvalue weighted by Gasteiger charge is 2.42. The monoisotopic (exact) mass is 298 g/mol. The Morgan fingerprint density at radius 3 is 2.55 bits per heavy atom. The van der Waals surface area contributed by atoms with Crippen LogP contribution in [0.25, 0.3) is 0 Å². The van der Waals surface area contributed by atoms with Gasteiger partial charge >= 0.3 is 6.03 Å². The standard InChI is InChI=1S/C10H10N4O5S/c11-5-1-2-7-6(3-5)9(16)14(20(7,18)19)4-8(15)13-10(12)17/h1-3H,4,11H2,(H3,12,13,15,17). The van der Waals surface area contributed by atoms with E-state index in [0.29, 0.717) is 4.31 Å². The number of rotatable bonds is 2. The smallest absolute Gasteiger partial charge is 0.318 e. The van der Waals surface area contributed by atoms with Crippen molar-refractivity contribution >= 4 is 33.6 Å². The van der Waals surface area contributed by atoms with E-state index >= 15 is 0 Å². The highest BCUT2D eigenvalue weighted by atomic mass is 32.2. The molecule has 1 aromatic rings. The summed E-state index contributed by atoms with van der Waals surface area (Å²) in [5, 5.41) is 1.68. The molecular weight excluding hydrogens is 288 g/mol. The zero-order valence-corrected chi connectivity index (χ0v) is 10.8. The van der Waals surface area contributed by atoms with E-state index in [1.807, 2.05) is 0 Å². The molecule has 10 heteroatoms. The van der Waals surface area contributed by atoms with Crippen LogP contribution in [0.5, 0.6) is 0 Å². The average molecular weight is 298 g/mol. The minimum absolute atomic E-state index is 0.114. The molecule has 0 saturated heterocycles. The van der Waals surface area contributed by atoms with Gasteiger partial charge in [-0.1, -0.05) is 0 Å². The van der Waals surface area contributed by atoms with E-state index in [-0.39, 0.29) is 16.1 Å².